The van der Waals surface area contributed by atoms with Crippen molar-refractivity contribution >= 4 is 11.9 Å². The van der Waals surface area contributed by atoms with E-state index in [0.29, 0.717) is 35.5 Å². The van der Waals surface area contributed by atoms with Crippen LogP contribution in [0.2, 0.25) is 0 Å². The lowest BCUT2D eigenvalue weighted by atomic mass is 9.47. The van der Waals surface area contributed by atoms with Gasteiger partial charge in [0.2, 0.25) is 0 Å². The Hall–Kier alpha value is -3.18. The van der Waals surface area contributed by atoms with Crippen LogP contribution in [0.25, 0.3) is 0 Å². The summed E-state index contributed by atoms with van der Waals surface area (Å²) in [5, 5.41) is 0. The van der Waals surface area contributed by atoms with Crippen molar-refractivity contribution in [3.63, 3.8) is 0 Å². The van der Waals surface area contributed by atoms with Gasteiger partial charge in [0.05, 0.1) is 69.9 Å². The van der Waals surface area contributed by atoms with Crippen LogP contribution in [0.15, 0.2) is 47.0 Å². The molecule has 8 aliphatic carbocycles. The molecule has 74 heavy (non-hydrogen) atoms. The molecule has 20 atom stereocenters. The number of rotatable bonds is 2. The Balaban J connectivity index is 0.822. The zero-order valence-corrected chi connectivity index (χ0v) is 47.5. The van der Waals surface area contributed by atoms with Gasteiger partial charge in [-0.15, -0.1) is 0 Å². The fourth-order valence-corrected chi connectivity index (χ4v) is 18.9. The molecule has 6 fully saturated rings. The Morgan fingerprint density at radius 2 is 0.946 bits per heavy atom. The summed E-state index contributed by atoms with van der Waals surface area (Å²) in [7, 11) is 0. The number of allylic oxidation sites excluding steroid dienone is 4. The first-order valence-corrected chi connectivity index (χ1v) is 29.6. The molecule has 0 N–H and O–H groups in total. The average Bonchev–Trinajstić information content (AvgIpc) is 4.01. The van der Waals surface area contributed by atoms with Crippen molar-refractivity contribution in [1.82, 2.24) is 9.97 Å². The lowest BCUT2D eigenvalue weighted by Gasteiger charge is -2.58. The van der Waals surface area contributed by atoms with E-state index in [-0.39, 0.29) is 70.5 Å². The molecule has 10 heteroatoms. The SMILES string of the molecule is C[C@H]1CC[C@@]2(OC1)O[C@H]1C=C3[C@@H]4CC[C@H]5Cc6nc7c(nc6C[C@]5(C)[C@H]4C=C(OC(=O)C(C)(C)C)[C@]3(C)[C@H]1[C@@H]2C)C[C@@H]1CC[C@H]2C3=C[C@@H]4O[C@]5(CC[C@H](C)CO5)[C@@H](C)[C@@H]4[C@@]3(C)C(OC(=O)C(C)(C)C)=C[C@@H]2[C@@]1(C)C7. The fraction of sp³-hybridized carbons (Fsp3) is 0.781. The molecule has 0 radical (unpaired) electrons. The second-order valence-corrected chi connectivity index (χ2v) is 29.9. The van der Waals surface area contributed by atoms with Crippen LogP contribution >= 0.6 is 0 Å². The van der Waals surface area contributed by atoms with Crippen LogP contribution in [-0.2, 0) is 63.7 Å². The van der Waals surface area contributed by atoms with Gasteiger partial charge in [-0.2, -0.15) is 0 Å². The normalized spacial score (nSPS) is 48.5. The minimum atomic E-state index is -0.646. The van der Waals surface area contributed by atoms with Crippen molar-refractivity contribution in [2.24, 2.45) is 104 Å². The van der Waals surface area contributed by atoms with Crippen LogP contribution in [0.5, 0.6) is 0 Å². The minimum Gasteiger partial charge on any atom is -0.430 e. The Labute approximate surface area is 442 Å². The van der Waals surface area contributed by atoms with Crippen molar-refractivity contribution < 1.29 is 38.0 Å². The molecule has 1 aromatic heterocycles. The Kier molecular flexibility index (Phi) is 11.0. The second kappa shape index (κ2) is 16.2. The highest BCUT2D eigenvalue weighted by Gasteiger charge is 2.70. The van der Waals surface area contributed by atoms with Crippen molar-refractivity contribution in [3.05, 3.63) is 69.7 Å². The van der Waals surface area contributed by atoms with E-state index in [9.17, 15) is 9.59 Å². The molecular weight excluding hydrogens is 925 g/mol. The summed E-state index contributed by atoms with van der Waals surface area (Å²) in [6.45, 7) is 32.2. The molecule has 402 valence electrons. The van der Waals surface area contributed by atoms with Gasteiger partial charge < -0.3 is 28.4 Å². The molecule has 2 spiro atoms. The maximum absolute atomic E-state index is 14.1. The highest BCUT2D eigenvalue weighted by Crippen LogP contribution is 2.72. The smallest absolute Gasteiger partial charge is 0.316 e. The number of hydrogen-bond acceptors (Lipinski definition) is 10. The first kappa shape index (κ1) is 50.3. The lowest BCUT2D eigenvalue weighted by molar-refractivity contribution is -0.265. The number of esters is 2. The van der Waals surface area contributed by atoms with Gasteiger partial charge in [-0.1, -0.05) is 64.8 Å². The van der Waals surface area contributed by atoms with E-state index in [1.807, 2.05) is 41.5 Å². The second-order valence-electron chi connectivity index (χ2n) is 29.9. The van der Waals surface area contributed by atoms with E-state index >= 15 is 0 Å². The molecule has 5 heterocycles. The molecule has 0 aromatic carbocycles. The Bertz CT molecular complexity index is 2510. The molecule has 2 saturated carbocycles. The highest BCUT2D eigenvalue weighted by atomic mass is 16.7. The third-order valence-electron chi connectivity index (χ3n) is 23.5. The van der Waals surface area contributed by atoms with E-state index in [0.717, 1.165) is 102 Å². The zero-order valence-electron chi connectivity index (χ0n) is 47.5. The predicted molar refractivity (Wildman–Crippen MR) is 281 cm³/mol. The number of carbonyl (C=O) groups is 2. The predicted octanol–water partition coefficient (Wildman–Crippen LogP) is 12.4. The summed E-state index contributed by atoms with van der Waals surface area (Å²) >= 11 is 0. The maximum atomic E-state index is 14.1. The molecule has 12 aliphatic rings. The summed E-state index contributed by atoms with van der Waals surface area (Å²) < 4.78 is 41.1. The first-order valence-electron chi connectivity index (χ1n) is 29.6. The summed E-state index contributed by atoms with van der Waals surface area (Å²) in [4.78, 5) is 39.6. The molecule has 4 saturated heterocycles. The van der Waals surface area contributed by atoms with Gasteiger partial charge in [0.25, 0.3) is 0 Å². The molecular formula is C64H88N2O8. The lowest BCUT2D eigenvalue weighted by Crippen LogP contribution is -2.54. The topological polar surface area (TPSA) is 115 Å². The molecule has 0 bridgehead atoms. The standard InChI is InChI=1S/C64H88N2O8/c1-33-19-21-63(69-31-33)35(3)53-49(73-63)25-43-39-17-15-37-23-45-47(29-59(37,11)41(39)27-51(61(43,53)13)71-55(67)57(5,6)7)65-46-24-38-16-18-40-42(60(38,12)30-48(46)66-45)28-52(72-56(68)58(8,9)10)62(14)44(40)26-50-54(62)36(4)64(74-50)22-20-34(2)32-70-64/h25-28,33-42,49-50,53-54H,15-24,29-32H2,1-14H3/t33-,34-,35-,36-,37-,38-,39+,40+,41-,42-,49-,50-,53-,54-,59-,60-,61+,62+,63+,64+/m0/s1. The molecule has 4 aliphatic heterocycles. The van der Waals surface area contributed by atoms with E-state index < -0.39 is 33.2 Å². The maximum Gasteiger partial charge on any atom is 0.316 e. The van der Waals surface area contributed by atoms with Crippen LogP contribution in [0.3, 0.4) is 0 Å². The van der Waals surface area contributed by atoms with Gasteiger partial charge in [0.1, 0.15) is 11.5 Å². The number of hydrogen-bond donors (Lipinski definition) is 0. The van der Waals surface area contributed by atoms with Crippen LogP contribution in [0.1, 0.15) is 171 Å². The average molecular weight is 1010 g/mol. The molecule has 10 nitrogen and oxygen atoms in total. The van der Waals surface area contributed by atoms with Gasteiger partial charge in [-0.3, -0.25) is 19.6 Å². The van der Waals surface area contributed by atoms with Crippen LogP contribution in [0, 0.1) is 104 Å². The largest absolute Gasteiger partial charge is 0.430 e. The number of ether oxygens (including phenoxy) is 6. The molecule has 0 amide bonds. The van der Waals surface area contributed by atoms with Crippen LogP contribution in [0.4, 0.5) is 0 Å². The zero-order chi connectivity index (χ0) is 52.2. The van der Waals surface area contributed by atoms with Gasteiger partial charge in [-0.25, -0.2) is 0 Å². The van der Waals surface area contributed by atoms with Gasteiger partial charge in [-0.05, 0) is 190 Å². The molecule has 13 rings (SSSR count). The number of fused-ring (bicyclic) bond motifs is 16. The number of carbonyl (C=O) groups excluding carboxylic acids is 2. The van der Waals surface area contributed by atoms with Gasteiger partial charge in [0, 0.05) is 36.5 Å². The van der Waals surface area contributed by atoms with Crippen molar-refractivity contribution in [3.8, 4) is 0 Å². The van der Waals surface area contributed by atoms with E-state index in [1.54, 1.807) is 0 Å². The summed E-state index contributed by atoms with van der Waals surface area (Å²) in [5.41, 5.74) is 5.15. The molecule has 1 aromatic rings. The van der Waals surface area contributed by atoms with E-state index in [4.69, 9.17) is 38.4 Å². The highest BCUT2D eigenvalue weighted by molar-refractivity contribution is 5.77. The fourth-order valence-electron chi connectivity index (χ4n) is 18.9. The number of aromatic nitrogens is 2. The summed E-state index contributed by atoms with van der Waals surface area (Å²) in [6, 6.07) is 0. The van der Waals surface area contributed by atoms with Crippen LogP contribution < -0.4 is 0 Å². The third-order valence-corrected chi connectivity index (χ3v) is 23.5. The quantitative estimate of drug-likeness (QED) is 0.209. The van der Waals surface area contributed by atoms with Crippen LogP contribution in [-0.4, -0.2) is 58.9 Å². The summed E-state index contributed by atoms with van der Waals surface area (Å²) in [6.07, 6.45) is 21.6. The number of nitrogens with zero attached hydrogens (tertiary/aromatic N) is 2. The third kappa shape index (κ3) is 6.86. The Morgan fingerprint density at radius 1 is 0.554 bits per heavy atom. The van der Waals surface area contributed by atoms with E-state index in [2.05, 4.69) is 79.7 Å². The monoisotopic (exact) mass is 1010 g/mol. The van der Waals surface area contributed by atoms with Crippen molar-refractivity contribution in [1.29, 1.82) is 0 Å². The Morgan fingerprint density at radius 3 is 1.30 bits per heavy atom. The minimum absolute atomic E-state index is 0.0800. The summed E-state index contributed by atoms with van der Waals surface area (Å²) in [5.74, 6) is 3.60. The van der Waals surface area contributed by atoms with Gasteiger partial charge >= 0.3 is 11.9 Å². The molecule has 0 unspecified atom stereocenters. The first-order chi connectivity index (χ1) is 34.7. The van der Waals surface area contributed by atoms with Crippen molar-refractivity contribution in [2.45, 2.75) is 198 Å². The van der Waals surface area contributed by atoms with Gasteiger partial charge in [0.15, 0.2) is 11.6 Å². The van der Waals surface area contributed by atoms with E-state index in [1.165, 1.54) is 33.9 Å². The van der Waals surface area contributed by atoms with Crippen molar-refractivity contribution in [2.75, 3.05) is 13.2 Å².